The van der Waals surface area contributed by atoms with Crippen LogP contribution in [0.2, 0.25) is 0 Å². The summed E-state index contributed by atoms with van der Waals surface area (Å²) < 4.78 is 38.2. The lowest BCUT2D eigenvalue weighted by atomic mass is 10.1. The van der Waals surface area contributed by atoms with Gasteiger partial charge < -0.3 is 84.2 Å². The first-order valence-electron chi connectivity index (χ1n) is 11.7. The molecule has 0 aliphatic carbocycles. The lowest BCUT2D eigenvalue weighted by Gasteiger charge is -2.30. The molecule has 4 fully saturated rings. The van der Waals surface area contributed by atoms with E-state index < -0.39 is 125 Å². The van der Waals surface area contributed by atoms with E-state index in [1.807, 2.05) is 0 Å². The summed E-state index contributed by atoms with van der Waals surface area (Å²) in [5, 5.41) is 99.5. The number of aliphatic hydroxyl groups is 10. The minimum Gasteiger partial charge on any atom is -0.394 e. The van der Waals surface area contributed by atoms with Crippen LogP contribution in [-0.4, -0.2) is 176 Å². The topological polar surface area (TPSA) is 267 Å². The molecule has 4 aliphatic rings. The molecular formula is C20H34O17. The standard InChI is InChI=1S/C20H34O17/c21-1-5-9(25)13(29)18(32-5)36-15-11(27)7(3-23)34-20(15)37-16-12(28)8(4-24)33-19(16)35-14-10(26)6(2-22)31-17(14)30/h5-30H,1-4H2/t5-,6-,7-,8-,9-,10-,11-,12-,13+,14+,15+,16+,17-,18+,19+,20+/m0/s1. The Balaban J connectivity index is 1.50. The molecule has 16 atom stereocenters. The quantitative estimate of drug-likeness (QED) is 0.122. The summed E-state index contributed by atoms with van der Waals surface area (Å²) in [5.74, 6) is 0. The third-order valence-corrected chi connectivity index (χ3v) is 6.81. The molecule has 0 aromatic carbocycles. The molecule has 0 unspecified atom stereocenters. The van der Waals surface area contributed by atoms with Crippen LogP contribution in [-0.2, 0) is 33.2 Å². The normalized spacial score (nSPS) is 52.4. The summed E-state index contributed by atoms with van der Waals surface area (Å²) >= 11 is 0. The van der Waals surface area contributed by atoms with Gasteiger partial charge in [-0.3, -0.25) is 0 Å². The molecule has 4 aliphatic heterocycles. The molecule has 0 aromatic heterocycles. The molecular weight excluding hydrogens is 512 g/mol. The van der Waals surface area contributed by atoms with Crippen LogP contribution in [0.15, 0.2) is 0 Å². The minimum atomic E-state index is -1.67. The highest BCUT2D eigenvalue weighted by Gasteiger charge is 2.55. The summed E-state index contributed by atoms with van der Waals surface area (Å²) in [6, 6.07) is 0. The van der Waals surface area contributed by atoms with Crippen molar-refractivity contribution in [2.24, 2.45) is 0 Å². The van der Waals surface area contributed by atoms with Crippen molar-refractivity contribution < 1.29 is 84.2 Å². The van der Waals surface area contributed by atoms with Gasteiger partial charge in [0.25, 0.3) is 0 Å². The Morgan fingerprint density at radius 3 is 1.19 bits per heavy atom. The van der Waals surface area contributed by atoms with E-state index in [2.05, 4.69) is 0 Å². The monoisotopic (exact) mass is 546 g/mol. The van der Waals surface area contributed by atoms with Gasteiger partial charge in [0.1, 0.15) is 73.2 Å². The second-order valence-electron chi connectivity index (χ2n) is 9.18. The van der Waals surface area contributed by atoms with E-state index in [-0.39, 0.29) is 0 Å². The molecule has 10 N–H and O–H groups in total. The summed E-state index contributed by atoms with van der Waals surface area (Å²) in [4.78, 5) is 0. The smallest absolute Gasteiger partial charge is 0.187 e. The number of rotatable bonds is 10. The van der Waals surface area contributed by atoms with Crippen LogP contribution in [0.1, 0.15) is 0 Å². The Morgan fingerprint density at radius 1 is 0.405 bits per heavy atom. The van der Waals surface area contributed by atoms with Gasteiger partial charge in [-0.1, -0.05) is 0 Å². The maximum atomic E-state index is 10.7. The van der Waals surface area contributed by atoms with Crippen molar-refractivity contribution in [2.75, 3.05) is 26.4 Å². The zero-order valence-corrected chi connectivity index (χ0v) is 19.4. The van der Waals surface area contributed by atoms with Gasteiger partial charge in [0.05, 0.1) is 26.4 Å². The van der Waals surface area contributed by atoms with Crippen LogP contribution in [0.3, 0.4) is 0 Å². The second kappa shape index (κ2) is 12.2. The van der Waals surface area contributed by atoms with Crippen molar-refractivity contribution in [1.82, 2.24) is 0 Å². The van der Waals surface area contributed by atoms with Crippen LogP contribution in [0.4, 0.5) is 0 Å². The van der Waals surface area contributed by atoms with Crippen molar-refractivity contribution in [3.05, 3.63) is 0 Å². The van der Waals surface area contributed by atoms with Crippen molar-refractivity contribution >= 4 is 0 Å². The predicted molar refractivity (Wildman–Crippen MR) is 110 cm³/mol. The Labute approximate surface area is 209 Å². The third-order valence-electron chi connectivity index (χ3n) is 6.81. The number of aliphatic hydroxyl groups excluding tert-OH is 10. The largest absolute Gasteiger partial charge is 0.394 e. The van der Waals surface area contributed by atoms with Crippen LogP contribution >= 0.6 is 0 Å². The average molecular weight is 546 g/mol. The molecule has 4 saturated heterocycles. The van der Waals surface area contributed by atoms with E-state index in [1.54, 1.807) is 0 Å². The molecule has 216 valence electrons. The van der Waals surface area contributed by atoms with Gasteiger partial charge in [-0.05, 0) is 0 Å². The van der Waals surface area contributed by atoms with Crippen molar-refractivity contribution in [1.29, 1.82) is 0 Å². The third kappa shape index (κ3) is 5.65. The molecule has 4 rings (SSSR count). The first kappa shape index (κ1) is 29.3. The molecule has 0 saturated carbocycles. The average Bonchev–Trinajstić information content (AvgIpc) is 3.54. The van der Waals surface area contributed by atoms with Crippen molar-refractivity contribution in [3.63, 3.8) is 0 Å². The second-order valence-corrected chi connectivity index (χ2v) is 9.18. The van der Waals surface area contributed by atoms with Crippen LogP contribution < -0.4 is 0 Å². The van der Waals surface area contributed by atoms with Crippen LogP contribution in [0.25, 0.3) is 0 Å². The SMILES string of the molecule is OC[C@@H]1O[C@H](O[C@H]2[C@@H](O[C@H]3[C@@H](O[C@@H]4[C@@H](O)[C@H](CO)O[C@@H]4O)O[C@@H](CO)[C@@H]3O)O[C@@H](CO)[C@@H]2O)[C@H](O)[C@H]1O. The van der Waals surface area contributed by atoms with Gasteiger partial charge in [0.2, 0.25) is 0 Å². The molecule has 37 heavy (non-hydrogen) atoms. The van der Waals surface area contributed by atoms with Gasteiger partial charge in [0, 0.05) is 0 Å². The molecule has 17 heteroatoms. The van der Waals surface area contributed by atoms with E-state index in [4.69, 9.17) is 33.2 Å². The predicted octanol–water partition coefficient (Wildman–Crippen LogP) is -7.19. The van der Waals surface area contributed by atoms with Gasteiger partial charge in [-0.2, -0.15) is 0 Å². The minimum absolute atomic E-state index is 0.623. The Bertz CT molecular complexity index is 731. The maximum Gasteiger partial charge on any atom is 0.187 e. The highest BCUT2D eigenvalue weighted by Crippen LogP contribution is 2.35. The van der Waals surface area contributed by atoms with E-state index >= 15 is 0 Å². The molecule has 0 bridgehead atoms. The molecule has 0 radical (unpaired) electrons. The maximum absolute atomic E-state index is 10.7. The van der Waals surface area contributed by atoms with Gasteiger partial charge in [-0.25, -0.2) is 0 Å². The molecule has 17 nitrogen and oxygen atoms in total. The lowest BCUT2D eigenvalue weighted by Crippen LogP contribution is -2.48. The first-order chi connectivity index (χ1) is 17.6. The van der Waals surface area contributed by atoms with Gasteiger partial charge in [-0.15, -0.1) is 0 Å². The fourth-order valence-corrected chi connectivity index (χ4v) is 4.67. The van der Waals surface area contributed by atoms with Crippen LogP contribution in [0, 0.1) is 0 Å². The molecule has 4 heterocycles. The zero-order chi connectivity index (χ0) is 27.0. The number of ether oxygens (including phenoxy) is 7. The van der Waals surface area contributed by atoms with Gasteiger partial charge >= 0.3 is 0 Å². The van der Waals surface area contributed by atoms with E-state index in [0.717, 1.165) is 0 Å². The Morgan fingerprint density at radius 2 is 0.757 bits per heavy atom. The van der Waals surface area contributed by atoms with E-state index in [0.29, 0.717) is 0 Å². The lowest BCUT2D eigenvalue weighted by molar-refractivity contribution is -0.289. The summed E-state index contributed by atoms with van der Waals surface area (Å²) in [6.45, 7) is -2.61. The fraction of sp³-hybridized carbons (Fsp3) is 1.00. The Kier molecular flexibility index (Phi) is 9.69. The number of hydrogen-bond acceptors (Lipinski definition) is 17. The van der Waals surface area contributed by atoms with Crippen LogP contribution in [0.5, 0.6) is 0 Å². The Hall–Kier alpha value is -0.680. The van der Waals surface area contributed by atoms with Crippen molar-refractivity contribution in [2.45, 2.75) is 98.4 Å². The fourth-order valence-electron chi connectivity index (χ4n) is 4.67. The summed E-state index contributed by atoms with van der Waals surface area (Å²) in [7, 11) is 0. The van der Waals surface area contributed by atoms with Crippen molar-refractivity contribution in [3.8, 4) is 0 Å². The highest BCUT2D eigenvalue weighted by molar-refractivity contribution is 4.96. The zero-order valence-electron chi connectivity index (χ0n) is 19.4. The molecule has 0 amide bonds. The van der Waals surface area contributed by atoms with E-state index in [1.165, 1.54) is 0 Å². The highest BCUT2D eigenvalue weighted by atomic mass is 16.8. The molecule has 0 spiro atoms. The molecule has 0 aromatic rings. The first-order valence-corrected chi connectivity index (χ1v) is 11.7. The number of hydrogen-bond donors (Lipinski definition) is 10. The summed E-state index contributed by atoms with van der Waals surface area (Å²) in [5.41, 5.74) is 0. The summed E-state index contributed by atoms with van der Waals surface area (Å²) in [6.07, 6.45) is -23.2. The van der Waals surface area contributed by atoms with Gasteiger partial charge in [0.15, 0.2) is 25.2 Å². The van der Waals surface area contributed by atoms with E-state index in [9.17, 15) is 51.1 Å².